The Balaban J connectivity index is 1.49. The van der Waals surface area contributed by atoms with E-state index in [4.69, 9.17) is 9.47 Å². The normalized spacial score (nSPS) is 22.3. The number of carbonyl (C=O) groups excluding carboxylic acids is 3. The van der Waals surface area contributed by atoms with Gasteiger partial charge in [0.15, 0.2) is 0 Å². The maximum absolute atomic E-state index is 13.1. The fourth-order valence-corrected chi connectivity index (χ4v) is 4.77. The average molecular weight is 452 g/mol. The maximum Gasteiger partial charge on any atom is 0.325 e. The van der Waals surface area contributed by atoms with Gasteiger partial charge < -0.3 is 20.1 Å². The second-order valence-electron chi connectivity index (χ2n) is 8.63. The number of nitrogens with one attached hydrogen (secondary N) is 2. The van der Waals surface area contributed by atoms with Crippen molar-refractivity contribution in [1.29, 1.82) is 0 Å². The predicted molar refractivity (Wildman–Crippen MR) is 124 cm³/mol. The van der Waals surface area contributed by atoms with Crippen LogP contribution in [0.2, 0.25) is 0 Å². The summed E-state index contributed by atoms with van der Waals surface area (Å²) in [6, 6.07) is 12.3. The van der Waals surface area contributed by atoms with E-state index in [9.17, 15) is 14.4 Å². The molecule has 2 aromatic rings. The first-order valence-corrected chi connectivity index (χ1v) is 11.1. The van der Waals surface area contributed by atoms with Gasteiger partial charge in [0.1, 0.15) is 23.6 Å². The number of benzene rings is 2. The molecule has 1 heterocycles. The van der Waals surface area contributed by atoms with Gasteiger partial charge in [-0.05, 0) is 54.7 Å². The van der Waals surface area contributed by atoms with Gasteiger partial charge >= 0.3 is 6.03 Å². The van der Waals surface area contributed by atoms with Crippen LogP contribution in [0.1, 0.15) is 32.6 Å². The van der Waals surface area contributed by atoms with Crippen molar-refractivity contribution in [3.63, 3.8) is 0 Å². The summed E-state index contributed by atoms with van der Waals surface area (Å²) >= 11 is 0. The molecule has 4 rings (SSSR count). The SMILES string of the molecule is COc1ccc(-c2cc(NC(=O)CN3C(=O)N[C@@]4(CCCC[C@@H]4C)C3=O)ccc2OC)cc1. The molecule has 0 bridgehead atoms. The van der Waals surface area contributed by atoms with Crippen molar-refractivity contribution >= 4 is 23.5 Å². The van der Waals surface area contributed by atoms with Crippen LogP contribution in [0.4, 0.5) is 10.5 Å². The van der Waals surface area contributed by atoms with Gasteiger partial charge in [0, 0.05) is 11.3 Å². The van der Waals surface area contributed by atoms with Crippen molar-refractivity contribution in [3.8, 4) is 22.6 Å². The number of amides is 4. The van der Waals surface area contributed by atoms with Crippen molar-refractivity contribution in [2.24, 2.45) is 5.92 Å². The number of anilines is 1. The van der Waals surface area contributed by atoms with Crippen molar-refractivity contribution in [1.82, 2.24) is 10.2 Å². The standard InChI is InChI=1S/C25H29N3O5/c1-16-6-4-5-13-25(16)23(30)28(24(31)27-25)15-22(29)26-18-9-12-21(33-3)20(14-18)17-7-10-19(32-2)11-8-17/h7-12,14,16H,4-6,13,15H2,1-3H3,(H,26,29)(H,27,31)/t16-,25+/m0/s1. The molecular weight excluding hydrogens is 422 g/mol. The third kappa shape index (κ3) is 4.25. The molecule has 2 N–H and O–H groups in total. The topological polar surface area (TPSA) is 97.0 Å². The lowest BCUT2D eigenvalue weighted by atomic mass is 9.73. The Bertz CT molecular complexity index is 1070. The maximum atomic E-state index is 13.1. The molecule has 33 heavy (non-hydrogen) atoms. The number of ether oxygens (including phenoxy) is 2. The van der Waals surface area contributed by atoms with Gasteiger partial charge in [-0.1, -0.05) is 31.9 Å². The Labute approximate surface area is 193 Å². The zero-order valence-electron chi connectivity index (χ0n) is 19.1. The van der Waals surface area contributed by atoms with E-state index in [0.717, 1.165) is 41.0 Å². The van der Waals surface area contributed by atoms with E-state index in [1.807, 2.05) is 31.2 Å². The smallest absolute Gasteiger partial charge is 0.325 e. The lowest BCUT2D eigenvalue weighted by Gasteiger charge is -2.36. The van der Waals surface area contributed by atoms with Crippen LogP contribution in [-0.4, -0.2) is 49.0 Å². The quantitative estimate of drug-likeness (QED) is 0.651. The van der Waals surface area contributed by atoms with Crippen LogP contribution in [-0.2, 0) is 9.59 Å². The largest absolute Gasteiger partial charge is 0.497 e. The lowest BCUT2D eigenvalue weighted by Crippen LogP contribution is -2.54. The molecule has 1 aliphatic carbocycles. The molecule has 8 heteroatoms. The number of urea groups is 1. The van der Waals surface area contributed by atoms with Crippen LogP contribution in [0.25, 0.3) is 11.1 Å². The first-order chi connectivity index (χ1) is 15.9. The minimum atomic E-state index is -0.878. The summed E-state index contributed by atoms with van der Waals surface area (Å²) in [4.78, 5) is 39.5. The van der Waals surface area contributed by atoms with Crippen molar-refractivity contribution in [2.45, 2.75) is 38.1 Å². The van der Waals surface area contributed by atoms with Gasteiger partial charge in [0.2, 0.25) is 5.91 Å². The number of hydrogen-bond acceptors (Lipinski definition) is 5. The Morgan fingerprint density at radius 2 is 1.88 bits per heavy atom. The minimum absolute atomic E-state index is 0.0457. The number of rotatable bonds is 6. The molecule has 0 aromatic heterocycles. The van der Waals surface area contributed by atoms with Crippen LogP contribution in [0.5, 0.6) is 11.5 Å². The summed E-state index contributed by atoms with van der Waals surface area (Å²) in [6.45, 7) is 1.65. The second kappa shape index (κ2) is 9.13. The molecule has 1 aliphatic heterocycles. The molecule has 174 valence electrons. The van der Waals surface area contributed by atoms with Crippen molar-refractivity contribution < 1.29 is 23.9 Å². The first-order valence-electron chi connectivity index (χ1n) is 11.1. The third-order valence-corrected chi connectivity index (χ3v) is 6.69. The zero-order chi connectivity index (χ0) is 23.6. The van der Waals surface area contributed by atoms with Crippen molar-refractivity contribution in [3.05, 3.63) is 42.5 Å². The number of carbonyl (C=O) groups is 3. The molecule has 1 spiro atoms. The molecule has 1 saturated heterocycles. The second-order valence-corrected chi connectivity index (χ2v) is 8.63. The molecule has 2 fully saturated rings. The van der Waals surface area contributed by atoms with E-state index in [-0.39, 0.29) is 18.4 Å². The molecule has 2 atom stereocenters. The third-order valence-electron chi connectivity index (χ3n) is 6.69. The predicted octanol–water partition coefficient (Wildman–Crippen LogP) is 3.81. The number of imide groups is 1. The highest BCUT2D eigenvalue weighted by Gasteiger charge is 2.55. The van der Waals surface area contributed by atoms with E-state index < -0.39 is 17.5 Å². The molecule has 8 nitrogen and oxygen atoms in total. The number of hydrogen-bond donors (Lipinski definition) is 2. The summed E-state index contributed by atoms with van der Waals surface area (Å²) in [7, 11) is 3.19. The van der Waals surface area contributed by atoms with Crippen LogP contribution < -0.4 is 20.1 Å². The van der Waals surface area contributed by atoms with Gasteiger partial charge in [-0.15, -0.1) is 0 Å². The number of nitrogens with zero attached hydrogens (tertiary/aromatic N) is 1. The molecule has 0 radical (unpaired) electrons. The van der Waals surface area contributed by atoms with Crippen LogP contribution in [0, 0.1) is 5.92 Å². The number of methoxy groups -OCH3 is 2. The Hall–Kier alpha value is -3.55. The Kier molecular flexibility index (Phi) is 6.26. The molecule has 1 saturated carbocycles. The minimum Gasteiger partial charge on any atom is -0.497 e. The van der Waals surface area contributed by atoms with Gasteiger partial charge in [0.05, 0.1) is 14.2 Å². The fourth-order valence-electron chi connectivity index (χ4n) is 4.77. The molecule has 0 unspecified atom stereocenters. The van der Waals surface area contributed by atoms with Gasteiger partial charge in [0.25, 0.3) is 5.91 Å². The molecular formula is C25H29N3O5. The first kappa shape index (κ1) is 22.6. The van der Waals surface area contributed by atoms with Gasteiger partial charge in [-0.25, -0.2) is 4.79 Å². The Morgan fingerprint density at radius 3 is 2.55 bits per heavy atom. The fraction of sp³-hybridized carbons (Fsp3) is 0.400. The summed E-state index contributed by atoms with van der Waals surface area (Å²) in [5, 5.41) is 5.68. The summed E-state index contributed by atoms with van der Waals surface area (Å²) in [5.74, 6) is 0.694. The summed E-state index contributed by atoms with van der Waals surface area (Å²) in [5.41, 5.74) is 1.35. The van der Waals surface area contributed by atoms with E-state index in [1.165, 1.54) is 0 Å². The average Bonchev–Trinajstić information content (AvgIpc) is 3.05. The van der Waals surface area contributed by atoms with E-state index >= 15 is 0 Å². The Morgan fingerprint density at radius 1 is 1.12 bits per heavy atom. The summed E-state index contributed by atoms with van der Waals surface area (Å²) < 4.78 is 10.7. The van der Waals surface area contributed by atoms with Gasteiger partial charge in [-0.3, -0.25) is 14.5 Å². The molecule has 2 aromatic carbocycles. The lowest BCUT2D eigenvalue weighted by molar-refractivity contribution is -0.136. The van der Waals surface area contributed by atoms with Crippen LogP contribution >= 0.6 is 0 Å². The van der Waals surface area contributed by atoms with E-state index in [1.54, 1.807) is 32.4 Å². The monoisotopic (exact) mass is 451 g/mol. The van der Waals surface area contributed by atoms with Gasteiger partial charge in [-0.2, -0.15) is 0 Å². The van der Waals surface area contributed by atoms with E-state index in [0.29, 0.717) is 17.9 Å². The summed E-state index contributed by atoms with van der Waals surface area (Å²) in [6.07, 6.45) is 3.42. The van der Waals surface area contributed by atoms with Crippen LogP contribution in [0.3, 0.4) is 0 Å². The highest BCUT2D eigenvalue weighted by Crippen LogP contribution is 2.38. The highest BCUT2D eigenvalue weighted by atomic mass is 16.5. The molecule has 4 amide bonds. The van der Waals surface area contributed by atoms with Crippen molar-refractivity contribution in [2.75, 3.05) is 26.1 Å². The highest BCUT2D eigenvalue weighted by molar-refractivity contribution is 6.10. The zero-order valence-corrected chi connectivity index (χ0v) is 19.1. The molecule has 2 aliphatic rings. The van der Waals surface area contributed by atoms with E-state index in [2.05, 4.69) is 10.6 Å². The van der Waals surface area contributed by atoms with Crippen LogP contribution in [0.15, 0.2) is 42.5 Å².